The third-order valence-electron chi connectivity index (χ3n) is 3.54. The molecule has 0 saturated heterocycles. The Morgan fingerprint density at radius 2 is 1.88 bits per heavy atom. The lowest BCUT2D eigenvalue weighted by Crippen LogP contribution is -2.03. The van der Waals surface area contributed by atoms with Crippen LogP contribution in [0.15, 0.2) is 52.1 Å². The summed E-state index contributed by atoms with van der Waals surface area (Å²) in [5.41, 5.74) is 0.915. The van der Waals surface area contributed by atoms with Crippen molar-refractivity contribution in [3.63, 3.8) is 0 Å². The predicted molar refractivity (Wildman–Crippen MR) is 94.3 cm³/mol. The zero-order valence-electron chi connectivity index (χ0n) is 14.1. The molecule has 3 aromatic rings. The zero-order chi connectivity index (χ0) is 18.5. The minimum Gasteiger partial charge on any atom is -0.496 e. The number of halogens is 1. The van der Waals surface area contributed by atoms with Crippen LogP contribution < -0.4 is 9.47 Å². The number of benzene rings is 2. The molecule has 0 saturated carbocycles. The molecule has 6 nitrogen and oxygen atoms in total. The maximum atomic E-state index is 13.7. The molecule has 0 radical (unpaired) electrons. The lowest BCUT2D eigenvalue weighted by atomic mass is 10.1. The van der Waals surface area contributed by atoms with Crippen molar-refractivity contribution in [1.29, 1.82) is 0 Å². The Balaban J connectivity index is 1.68. The van der Waals surface area contributed by atoms with Gasteiger partial charge in [0, 0.05) is 5.56 Å². The summed E-state index contributed by atoms with van der Waals surface area (Å²) in [6, 6.07) is 11.3. The molecule has 0 bridgehead atoms. The van der Waals surface area contributed by atoms with Crippen molar-refractivity contribution >= 4 is 17.5 Å². The summed E-state index contributed by atoms with van der Waals surface area (Å²) in [6.45, 7) is 0. The molecule has 0 spiro atoms. The molecular weight excluding hydrogens is 359 g/mol. The Labute approximate surface area is 153 Å². The average Bonchev–Trinajstić information content (AvgIpc) is 3.14. The number of Topliss-reactive ketones (excluding diaryl/α,β-unsaturated/α-hetero) is 1. The maximum absolute atomic E-state index is 13.7. The summed E-state index contributed by atoms with van der Waals surface area (Å²) < 4.78 is 29.4. The Morgan fingerprint density at radius 1 is 1.12 bits per heavy atom. The second kappa shape index (κ2) is 8.01. The maximum Gasteiger partial charge on any atom is 0.277 e. The van der Waals surface area contributed by atoms with E-state index >= 15 is 0 Å². The fourth-order valence-corrected chi connectivity index (χ4v) is 2.91. The molecule has 3 rings (SSSR count). The van der Waals surface area contributed by atoms with Crippen LogP contribution in [0.3, 0.4) is 0 Å². The third kappa shape index (κ3) is 3.85. The molecule has 134 valence electrons. The number of methoxy groups -OCH3 is 2. The number of rotatable bonds is 7. The van der Waals surface area contributed by atoms with Gasteiger partial charge in [-0.15, -0.1) is 10.2 Å². The first-order valence-corrected chi connectivity index (χ1v) is 8.57. The van der Waals surface area contributed by atoms with Crippen LogP contribution in [0.25, 0.3) is 11.5 Å². The highest BCUT2D eigenvalue weighted by molar-refractivity contribution is 7.99. The molecule has 1 aromatic heterocycles. The number of para-hydroxylation sites is 1. The molecule has 0 aliphatic rings. The van der Waals surface area contributed by atoms with Gasteiger partial charge in [0.2, 0.25) is 0 Å². The summed E-state index contributed by atoms with van der Waals surface area (Å²) in [5.74, 6) is 0.199. The molecule has 0 fully saturated rings. The molecule has 0 amide bonds. The number of carbonyl (C=O) groups is 1. The number of aromatic nitrogens is 2. The van der Waals surface area contributed by atoms with Gasteiger partial charge in [-0.25, -0.2) is 4.39 Å². The van der Waals surface area contributed by atoms with E-state index in [2.05, 4.69) is 10.2 Å². The number of hydrogen-bond donors (Lipinski definition) is 0. The van der Waals surface area contributed by atoms with Gasteiger partial charge < -0.3 is 13.9 Å². The second-order valence-corrected chi connectivity index (χ2v) is 6.06. The van der Waals surface area contributed by atoms with Crippen molar-refractivity contribution in [3.05, 3.63) is 53.8 Å². The molecule has 0 atom stereocenters. The number of thioether (sulfide) groups is 1. The number of carbonyl (C=O) groups excluding carboxylic acids is 1. The summed E-state index contributed by atoms with van der Waals surface area (Å²) in [6.07, 6.45) is 0. The van der Waals surface area contributed by atoms with E-state index < -0.39 is 5.82 Å². The molecular formula is C18H15FN2O4S. The standard InChI is InChI=1S/C18H15FN2O4S/c1-23-15-6-4-3-5-12(15)17-20-21-18(25-17)26-10-14(22)11-7-8-16(24-2)13(19)9-11/h3-9H,10H2,1-2H3. The van der Waals surface area contributed by atoms with E-state index in [1.54, 1.807) is 19.2 Å². The minimum absolute atomic E-state index is 0.0410. The van der Waals surface area contributed by atoms with Crippen LogP contribution in [0.2, 0.25) is 0 Å². The van der Waals surface area contributed by atoms with Crippen LogP contribution in [0.5, 0.6) is 11.5 Å². The van der Waals surface area contributed by atoms with Gasteiger partial charge in [-0.2, -0.15) is 0 Å². The lowest BCUT2D eigenvalue weighted by molar-refractivity contribution is 0.102. The molecule has 2 aromatic carbocycles. The van der Waals surface area contributed by atoms with Crippen molar-refractivity contribution in [3.8, 4) is 23.0 Å². The molecule has 0 N–H and O–H groups in total. The third-order valence-corrected chi connectivity index (χ3v) is 4.36. The van der Waals surface area contributed by atoms with E-state index in [9.17, 15) is 9.18 Å². The average molecular weight is 374 g/mol. The van der Waals surface area contributed by atoms with Crippen LogP contribution in [-0.4, -0.2) is 36.0 Å². The zero-order valence-corrected chi connectivity index (χ0v) is 14.9. The van der Waals surface area contributed by atoms with Crippen molar-refractivity contribution in [2.45, 2.75) is 5.22 Å². The van der Waals surface area contributed by atoms with Gasteiger partial charge in [0.15, 0.2) is 17.3 Å². The largest absolute Gasteiger partial charge is 0.496 e. The normalized spacial score (nSPS) is 10.6. The van der Waals surface area contributed by atoms with E-state index in [1.807, 2.05) is 12.1 Å². The van der Waals surface area contributed by atoms with Gasteiger partial charge in [-0.1, -0.05) is 23.9 Å². The van der Waals surface area contributed by atoms with E-state index in [4.69, 9.17) is 13.9 Å². The van der Waals surface area contributed by atoms with Gasteiger partial charge in [-0.3, -0.25) is 4.79 Å². The quantitative estimate of drug-likeness (QED) is 0.459. The monoisotopic (exact) mass is 374 g/mol. The number of nitrogens with zero attached hydrogens (tertiary/aromatic N) is 2. The Hall–Kier alpha value is -2.87. The van der Waals surface area contributed by atoms with Crippen LogP contribution in [0, 0.1) is 5.82 Å². The van der Waals surface area contributed by atoms with Gasteiger partial charge in [0.1, 0.15) is 5.75 Å². The van der Waals surface area contributed by atoms with E-state index in [0.717, 1.165) is 17.8 Å². The van der Waals surface area contributed by atoms with E-state index in [-0.39, 0.29) is 28.1 Å². The van der Waals surface area contributed by atoms with Crippen molar-refractivity contribution in [2.24, 2.45) is 0 Å². The molecule has 0 unspecified atom stereocenters. The van der Waals surface area contributed by atoms with Crippen molar-refractivity contribution in [2.75, 3.05) is 20.0 Å². The molecule has 0 aliphatic carbocycles. The minimum atomic E-state index is -0.584. The Kier molecular flexibility index (Phi) is 5.52. The van der Waals surface area contributed by atoms with Crippen LogP contribution in [0.1, 0.15) is 10.4 Å². The summed E-state index contributed by atoms with van der Waals surface area (Å²) in [7, 11) is 2.92. The summed E-state index contributed by atoms with van der Waals surface area (Å²) >= 11 is 1.08. The summed E-state index contributed by atoms with van der Waals surface area (Å²) in [5, 5.41) is 8.14. The smallest absolute Gasteiger partial charge is 0.277 e. The second-order valence-electron chi connectivity index (χ2n) is 5.13. The highest BCUT2D eigenvalue weighted by Gasteiger charge is 2.16. The van der Waals surface area contributed by atoms with Gasteiger partial charge >= 0.3 is 0 Å². The molecule has 0 aliphatic heterocycles. The molecule has 1 heterocycles. The first kappa shape index (κ1) is 17.9. The number of ketones is 1. The number of hydrogen-bond acceptors (Lipinski definition) is 7. The fourth-order valence-electron chi connectivity index (χ4n) is 2.25. The molecule has 8 heteroatoms. The predicted octanol–water partition coefficient (Wildman–Crippen LogP) is 3.87. The van der Waals surface area contributed by atoms with E-state index in [0.29, 0.717) is 17.2 Å². The molecule has 26 heavy (non-hydrogen) atoms. The van der Waals surface area contributed by atoms with Gasteiger partial charge in [-0.05, 0) is 30.3 Å². The Bertz CT molecular complexity index is 929. The first-order valence-electron chi connectivity index (χ1n) is 7.59. The van der Waals surface area contributed by atoms with Crippen LogP contribution >= 0.6 is 11.8 Å². The highest BCUT2D eigenvalue weighted by atomic mass is 32.2. The summed E-state index contributed by atoms with van der Waals surface area (Å²) in [4.78, 5) is 12.2. The van der Waals surface area contributed by atoms with Gasteiger partial charge in [0.05, 0.1) is 25.5 Å². The topological polar surface area (TPSA) is 74.5 Å². The first-order chi connectivity index (χ1) is 12.6. The van der Waals surface area contributed by atoms with E-state index in [1.165, 1.54) is 19.2 Å². The number of ether oxygens (including phenoxy) is 2. The Morgan fingerprint density at radius 3 is 2.62 bits per heavy atom. The SMILES string of the molecule is COc1ccc(C(=O)CSc2nnc(-c3ccccc3OC)o2)cc1F. The lowest BCUT2D eigenvalue weighted by Gasteiger charge is -2.04. The van der Waals surface area contributed by atoms with Crippen molar-refractivity contribution < 1.29 is 23.1 Å². The van der Waals surface area contributed by atoms with Crippen LogP contribution in [0.4, 0.5) is 4.39 Å². The van der Waals surface area contributed by atoms with Crippen molar-refractivity contribution in [1.82, 2.24) is 10.2 Å². The highest BCUT2D eigenvalue weighted by Crippen LogP contribution is 2.30. The van der Waals surface area contributed by atoms with Gasteiger partial charge in [0.25, 0.3) is 11.1 Å². The van der Waals surface area contributed by atoms with Crippen LogP contribution in [-0.2, 0) is 0 Å². The fraction of sp³-hybridized carbons (Fsp3) is 0.167.